The van der Waals surface area contributed by atoms with Crippen molar-refractivity contribution >= 4 is 0 Å². The fourth-order valence-corrected chi connectivity index (χ4v) is 1.47. The third-order valence-corrected chi connectivity index (χ3v) is 2.22. The van der Waals surface area contributed by atoms with Gasteiger partial charge in [-0.2, -0.15) is 5.10 Å². The molecule has 78 valence electrons. The first kappa shape index (κ1) is 9.73. The van der Waals surface area contributed by atoms with Crippen LogP contribution in [0.15, 0.2) is 30.3 Å². The molecule has 0 saturated heterocycles. The predicted molar refractivity (Wildman–Crippen MR) is 58.4 cm³/mol. The first-order valence-electron chi connectivity index (χ1n) is 4.84. The van der Waals surface area contributed by atoms with Crippen LogP contribution in [-0.4, -0.2) is 21.8 Å². The van der Waals surface area contributed by atoms with E-state index >= 15 is 0 Å². The lowest BCUT2D eigenvalue weighted by Crippen LogP contribution is -2.02. The zero-order valence-electron chi connectivity index (χ0n) is 8.27. The number of phenolic OH excluding ortho intramolecular Hbond substituents is 1. The van der Waals surface area contributed by atoms with Crippen LogP contribution >= 0.6 is 0 Å². The molecule has 1 heterocycles. The van der Waals surface area contributed by atoms with Gasteiger partial charge >= 0.3 is 0 Å². The summed E-state index contributed by atoms with van der Waals surface area (Å²) in [6, 6.07) is 9.03. The zero-order valence-corrected chi connectivity index (χ0v) is 8.27. The zero-order chi connectivity index (χ0) is 10.7. The standard InChI is InChI=1S/C11H13N3O/c12-6-5-8-7-10(14-13-8)9-3-1-2-4-11(9)15/h1-4,7,15H,5-6,12H2,(H,13,14). The number of benzene rings is 1. The summed E-state index contributed by atoms with van der Waals surface area (Å²) in [5.41, 5.74) is 7.90. The van der Waals surface area contributed by atoms with Gasteiger partial charge in [-0.05, 0) is 24.7 Å². The van der Waals surface area contributed by atoms with E-state index in [9.17, 15) is 5.11 Å². The van der Waals surface area contributed by atoms with Crippen LogP contribution in [0, 0.1) is 0 Å². The van der Waals surface area contributed by atoms with E-state index in [1.807, 2.05) is 18.2 Å². The number of aromatic nitrogens is 2. The lowest BCUT2D eigenvalue weighted by Gasteiger charge is -1.98. The van der Waals surface area contributed by atoms with E-state index in [-0.39, 0.29) is 5.75 Å². The molecule has 0 spiro atoms. The van der Waals surface area contributed by atoms with Gasteiger partial charge in [0.05, 0.1) is 5.69 Å². The fourth-order valence-electron chi connectivity index (χ4n) is 1.47. The first-order valence-corrected chi connectivity index (χ1v) is 4.84. The molecule has 0 aliphatic heterocycles. The first-order chi connectivity index (χ1) is 7.31. The van der Waals surface area contributed by atoms with Crippen molar-refractivity contribution in [1.82, 2.24) is 10.2 Å². The highest BCUT2D eigenvalue weighted by molar-refractivity contribution is 5.66. The van der Waals surface area contributed by atoms with Gasteiger partial charge in [-0.25, -0.2) is 0 Å². The Labute approximate surface area is 87.7 Å². The van der Waals surface area contributed by atoms with Crippen LogP contribution in [0.3, 0.4) is 0 Å². The van der Waals surface area contributed by atoms with Crippen LogP contribution < -0.4 is 5.73 Å². The van der Waals surface area contributed by atoms with Crippen molar-refractivity contribution in [2.45, 2.75) is 6.42 Å². The SMILES string of the molecule is NCCc1cc(-c2ccccc2O)n[nH]1. The fraction of sp³-hybridized carbons (Fsp3) is 0.182. The molecule has 4 N–H and O–H groups in total. The number of para-hydroxylation sites is 1. The Morgan fingerprint density at radius 2 is 2.13 bits per heavy atom. The molecule has 0 aliphatic rings. The number of aromatic hydroxyl groups is 1. The van der Waals surface area contributed by atoms with E-state index < -0.39 is 0 Å². The molecule has 0 unspecified atom stereocenters. The van der Waals surface area contributed by atoms with Crippen LogP contribution in [0.4, 0.5) is 0 Å². The van der Waals surface area contributed by atoms with Crippen LogP contribution in [0.1, 0.15) is 5.69 Å². The van der Waals surface area contributed by atoms with Gasteiger partial charge in [-0.15, -0.1) is 0 Å². The number of nitrogens with zero attached hydrogens (tertiary/aromatic N) is 1. The normalized spacial score (nSPS) is 10.5. The summed E-state index contributed by atoms with van der Waals surface area (Å²) >= 11 is 0. The van der Waals surface area contributed by atoms with Gasteiger partial charge in [-0.1, -0.05) is 12.1 Å². The largest absolute Gasteiger partial charge is 0.507 e. The van der Waals surface area contributed by atoms with Crippen LogP contribution in [0.2, 0.25) is 0 Å². The number of hydrogen-bond acceptors (Lipinski definition) is 3. The van der Waals surface area contributed by atoms with Crippen molar-refractivity contribution in [2.75, 3.05) is 6.54 Å². The second-order valence-electron chi connectivity index (χ2n) is 3.33. The average Bonchev–Trinajstić information content (AvgIpc) is 2.68. The molecule has 0 fully saturated rings. The van der Waals surface area contributed by atoms with E-state index in [1.54, 1.807) is 12.1 Å². The Kier molecular flexibility index (Phi) is 2.69. The van der Waals surface area contributed by atoms with Gasteiger partial charge in [0, 0.05) is 17.7 Å². The summed E-state index contributed by atoms with van der Waals surface area (Å²) < 4.78 is 0. The molecule has 2 aromatic rings. The Balaban J connectivity index is 2.33. The molecule has 1 aromatic carbocycles. The number of aromatic amines is 1. The molecule has 4 nitrogen and oxygen atoms in total. The summed E-state index contributed by atoms with van der Waals surface area (Å²) in [6.07, 6.45) is 0.764. The molecule has 0 radical (unpaired) electrons. The number of phenols is 1. The van der Waals surface area contributed by atoms with E-state index in [4.69, 9.17) is 5.73 Å². The van der Waals surface area contributed by atoms with Gasteiger partial charge < -0.3 is 10.8 Å². The van der Waals surface area contributed by atoms with Crippen molar-refractivity contribution in [2.24, 2.45) is 5.73 Å². The summed E-state index contributed by atoms with van der Waals surface area (Å²) in [5.74, 6) is 0.239. The van der Waals surface area contributed by atoms with E-state index in [0.717, 1.165) is 23.4 Å². The Hall–Kier alpha value is -1.81. The van der Waals surface area contributed by atoms with E-state index in [0.29, 0.717) is 6.54 Å². The van der Waals surface area contributed by atoms with Crippen LogP contribution in [0.25, 0.3) is 11.3 Å². The highest BCUT2D eigenvalue weighted by Gasteiger charge is 2.06. The second kappa shape index (κ2) is 4.14. The molecular formula is C11H13N3O. The molecular weight excluding hydrogens is 190 g/mol. The van der Waals surface area contributed by atoms with Crippen LogP contribution in [-0.2, 0) is 6.42 Å². The monoisotopic (exact) mass is 203 g/mol. The molecule has 4 heteroatoms. The Bertz CT molecular complexity index is 451. The Morgan fingerprint density at radius 1 is 1.33 bits per heavy atom. The highest BCUT2D eigenvalue weighted by atomic mass is 16.3. The maximum atomic E-state index is 9.62. The summed E-state index contributed by atoms with van der Waals surface area (Å²) in [6.45, 7) is 0.586. The van der Waals surface area contributed by atoms with Gasteiger partial charge in [0.2, 0.25) is 0 Å². The number of rotatable bonds is 3. The quantitative estimate of drug-likeness (QED) is 0.703. The highest BCUT2D eigenvalue weighted by Crippen LogP contribution is 2.27. The maximum absolute atomic E-state index is 9.62. The summed E-state index contributed by atoms with van der Waals surface area (Å²) in [4.78, 5) is 0. The van der Waals surface area contributed by atoms with Crippen molar-refractivity contribution in [1.29, 1.82) is 0 Å². The van der Waals surface area contributed by atoms with Crippen molar-refractivity contribution in [3.05, 3.63) is 36.0 Å². The minimum Gasteiger partial charge on any atom is -0.507 e. The van der Waals surface area contributed by atoms with Gasteiger partial charge in [0.25, 0.3) is 0 Å². The third kappa shape index (κ3) is 1.99. The average molecular weight is 203 g/mol. The van der Waals surface area contributed by atoms with Gasteiger partial charge in [0.1, 0.15) is 5.75 Å². The van der Waals surface area contributed by atoms with Crippen molar-refractivity contribution in [3.8, 4) is 17.0 Å². The lowest BCUT2D eigenvalue weighted by molar-refractivity contribution is 0.477. The Morgan fingerprint density at radius 3 is 2.87 bits per heavy atom. The second-order valence-corrected chi connectivity index (χ2v) is 3.33. The van der Waals surface area contributed by atoms with Crippen molar-refractivity contribution in [3.63, 3.8) is 0 Å². The molecule has 0 atom stereocenters. The smallest absolute Gasteiger partial charge is 0.125 e. The van der Waals surface area contributed by atoms with Crippen LogP contribution in [0.5, 0.6) is 5.75 Å². The van der Waals surface area contributed by atoms with E-state index in [2.05, 4.69) is 10.2 Å². The predicted octanol–water partition coefficient (Wildman–Crippen LogP) is 1.28. The van der Waals surface area contributed by atoms with Crippen molar-refractivity contribution < 1.29 is 5.11 Å². The summed E-state index contributed by atoms with van der Waals surface area (Å²) in [7, 11) is 0. The molecule has 15 heavy (non-hydrogen) atoms. The minimum absolute atomic E-state index is 0.239. The maximum Gasteiger partial charge on any atom is 0.125 e. The molecule has 0 bridgehead atoms. The third-order valence-electron chi connectivity index (χ3n) is 2.22. The molecule has 1 aromatic heterocycles. The van der Waals surface area contributed by atoms with E-state index in [1.165, 1.54) is 0 Å². The van der Waals surface area contributed by atoms with Gasteiger partial charge in [-0.3, -0.25) is 5.10 Å². The summed E-state index contributed by atoms with van der Waals surface area (Å²) in [5, 5.41) is 16.6. The number of H-pyrrole nitrogens is 1. The number of nitrogens with one attached hydrogen (secondary N) is 1. The molecule has 0 saturated carbocycles. The topological polar surface area (TPSA) is 74.9 Å². The molecule has 0 aliphatic carbocycles. The lowest BCUT2D eigenvalue weighted by atomic mass is 10.1. The minimum atomic E-state index is 0.239. The number of hydrogen-bond donors (Lipinski definition) is 3. The molecule has 0 amide bonds. The van der Waals surface area contributed by atoms with Gasteiger partial charge in [0.15, 0.2) is 0 Å². The number of nitrogens with two attached hydrogens (primary N) is 1. The molecule has 2 rings (SSSR count).